The van der Waals surface area contributed by atoms with Crippen LogP contribution >= 0.6 is 0 Å². The molecule has 3 rings (SSSR count). The van der Waals surface area contributed by atoms with Crippen molar-refractivity contribution < 1.29 is 4.79 Å². The lowest BCUT2D eigenvalue weighted by Gasteiger charge is -2.20. The van der Waals surface area contributed by atoms with Crippen LogP contribution in [0.25, 0.3) is 0 Å². The van der Waals surface area contributed by atoms with Crippen molar-refractivity contribution in [3.63, 3.8) is 0 Å². The second kappa shape index (κ2) is 5.94. The molecule has 2 aliphatic rings. The Hall–Kier alpha value is -1.39. The van der Waals surface area contributed by atoms with Gasteiger partial charge in [0.05, 0.1) is 6.04 Å². The molecule has 4 nitrogen and oxygen atoms in total. The van der Waals surface area contributed by atoms with Gasteiger partial charge in [0.2, 0.25) is 5.91 Å². The number of carbonyl (C=O) groups is 1. The fourth-order valence-corrected chi connectivity index (χ4v) is 3.40. The lowest BCUT2D eigenvalue weighted by atomic mass is 9.93. The maximum atomic E-state index is 12.2. The van der Waals surface area contributed by atoms with E-state index in [4.69, 9.17) is 5.73 Å². The van der Waals surface area contributed by atoms with Gasteiger partial charge >= 0.3 is 0 Å². The van der Waals surface area contributed by atoms with Gasteiger partial charge in [0.25, 0.3) is 0 Å². The van der Waals surface area contributed by atoms with Gasteiger partial charge in [-0.15, -0.1) is 0 Å². The van der Waals surface area contributed by atoms with Gasteiger partial charge in [0.1, 0.15) is 0 Å². The van der Waals surface area contributed by atoms with Crippen molar-refractivity contribution in [1.29, 1.82) is 0 Å². The second-order valence-corrected chi connectivity index (χ2v) is 5.97. The van der Waals surface area contributed by atoms with Crippen LogP contribution in [0.2, 0.25) is 0 Å². The predicted octanol–water partition coefficient (Wildman–Crippen LogP) is 0.769. The predicted molar refractivity (Wildman–Crippen MR) is 79.5 cm³/mol. The van der Waals surface area contributed by atoms with E-state index in [1.165, 1.54) is 11.1 Å². The molecule has 3 unspecified atom stereocenters. The molecular weight excluding hydrogens is 250 g/mol. The topological polar surface area (TPSA) is 67.2 Å². The average Bonchev–Trinajstić information content (AvgIpc) is 3.13. The smallest absolute Gasteiger partial charge is 0.237 e. The van der Waals surface area contributed by atoms with Crippen molar-refractivity contribution in [3.8, 4) is 0 Å². The first-order chi connectivity index (χ1) is 9.75. The Kier molecular flexibility index (Phi) is 4.03. The van der Waals surface area contributed by atoms with Crippen molar-refractivity contribution >= 4 is 5.91 Å². The standard InChI is InChI=1S/C16H23N3O/c17-15(16(20)19-10-11-7-8-18-9-11)14-6-5-12-3-1-2-4-13(12)14/h1-4,11,14-15,18H,5-10,17H2,(H,19,20). The van der Waals surface area contributed by atoms with E-state index in [1.54, 1.807) is 0 Å². The summed E-state index contributed by atoms with van der Waals surface area (Å²) in [5.74, 6) is 0.730. The highest BCUT2D eigenvalue weighted by Crippen LogP contribution is 2.34. The summed E-state index contributed by atoms with van der Waals surface area (Å²) in [4.78, 5) is 12.2. The third-order valence-electron chi connectivity index (χ3n) is 4.64. The highest BCUT2D eigenvalue weighted by Gasteiger charge is 2.31. The van der Waals surface area contributed by atoms with Crippen molar-refractivity contribution in [2.45, 2.75) is 31.2 Å². The van der Waals surface area contributed by atoms with Crippen LogP contribution in [0.4, 0.5) is 0 Å². The van der Waals surface area contributed by atoms with E-state index in [0.717, 1.165) is 38.9 Å². The van der Waals surface area contributed by atoms with Gasteiger partial charge in [0, 0.05) is 12.5 Å². The molecule has 0 spiro atoms. The molecule has 3 atom stereocenters. The SMILES string of the molecule is NC(C(=O)NCC1CCNC1)C1CCc2ccccc21. The Bertz CT molecular complexity index is 482. The van der Waals surface area contributed by atoms with E-state index in [2.05, 4.69) is 28.8 Å². The summed E-state index contributed by atoms with van der Waals surface area (Å²) in [6.45, 7) is 2.80. The molecule has 0 radical (unpaired) electrons. The fourth-order valence-electron chi connectivity index (χ4n) is 3.40. The lowest BCUT2D eigenvalue weighted by molar-refractivity contribution is -0.123. The van der Waals surface area contributed by atoms with Crippen molar-refractivity contribution in [3.05, 3.63) is 35.4 Å². The van der Waals surface area contributed by atoms with Crippen LogP contribution in [0.5, 0.6) is 0 Å². The van der Waals surface area contributed by atoms with E-state index in [-0.39, 0.29) is 11.8 Å². The van der Waals surface area contributed by atoms with E-state index < -0.39 is 6.04 Å². The Morgan fingerprint density at radius 3 is 3.05 bits per heavy atom. The van der Waals surface area contributed by atoms with Gasteiger partial charge in [-0.25, -0.2) is 0 Å². The number of carbonyl (C=O) groups excluding carboxylic acids is 1. The Labute approximate surface area is 120 Å². The molecule has 0 aromatic heterocycles. The van der Waals surface area contributed by atoms with Crippen LogP contribution in [0, 0.1) is 5.92 Å². The molecule has 1 fully saturated rings. The molecule has 4 N–H and O–H groups in total. The molecule has 1 saturated heterocycles. The molecule has 1 aromatic rings. The maximum absolute atomic E-state index is 12.2. The summed E-state index contributed by atoms with van der Waals surface area (Å²) in [7, 11) is 0. The highest BCUT2D eigenvalue weighted by molar-refractivity contribution is 5.83. The molecule has 20 heavy (non-hydrogen) atoms. The Balaban J connectivity index is 1.58. The summed E-state index contributed by atoms with van der Waals surface area (Å²) in [5, 5.41) is 6.34. The molecule has 4 heteroatoms. The van der Waals surface area contributed by atoms with E-state index in [1.807, 2.05) is 6.07 Å². The van der Waals surface area contributed by atoms with Crippen LogP contribution < -0.4 is 16.4 Å². The van der Waals surface area contributed by atoms with E-state index in [9.17, 15) is 4.79 Å². The average molecular weight is 273 g/mol. The highest BCUT2D eigenvalue weighted by atomic mass is 16.2. The third kappa shape index (κ3) is 2.72. The van der Waals surface area contributed by atoms with Crippen molar-refractivity contribution in [2.24, 2.45) is 11.7 Å². The van der Waals surface area contributed by atoms with Gasteiger partial charge < -0.3 is 16.4 Å². The molecular formula is C16H23N3O. The summed E-state index contributed by atoms with van der Waals surface area (Å²) >= 11 is 0. The van der Waals surface area contributed by atoms with E-state index in [0.29, 0.717) is 5.92 Å². The van der Waals surface area contributed by atoms with Gasteiger partial charge in [0.15, 0.2) is 0 Å². The maximum Gasteiger partial charge on any atom is 0.237 e. The molecule has 0 saturated carbocycles. The molecule has 1 aliphatic heterocycles. The fraction of sp³-hybridized carbons (Fsp3) is 0.562. The Morgan fingerprint density at radius 2 is 2.25 bits per heavy atom. The van der Waals surface area contributed by atoms with Crippen LogP contribution in [0.3, 0.4) is 0 Å². The van der Waals surface area contributed by atoms with E-state index >= 15 is 0 Å². The first-order valence-corrected chi connectivity index (χ1v) is 7.57. The summed E-state index contributed by atoms with van der Waals surface area (Å²) in [6.07, 6.45) is 3.16. The first-order valence-electron chi connectivity index (χ1n) is 7.57. The Morgan fingerprint density at radius 1 is 1.40 bits per heavy atom. The van der Waals surface area contributed by atoms with Gasteiger partial charge in [-0.05, 0) is 49.4 Å². The number of aryl methyl sites for hydroxylation is 1. The minimum atomic E-state index is -0.423. The van der Waals surface area contributed by atoms with Crippen molar-refractivity contribution in [2.75, 3.05) is 19.6 Å². The number of benzene rings is 1. The first kappa shape index (κ1) is 13.6. The van der Waals surface area contributed by atoms with Crippen LogP contribution in [0.1, 0.15) is 29.9 Å². The van der Waals surface area contributed by atoms with Crippen LogP contribution in [-0.4, -0.2) is 31.6 Å². The molecule has 1 aliphatic carbocycles. The quantitative estimate of drug-likeness (QED) is 0.759. The number of rotatable bonds is 4. The monoisotopic (exact) mass is 273 g/mol. The zero-order valence-corrected chi connectivity index (χ0v) is 11.8. The van der Waals surface area contributed by atoms with Gasteiger partial charge in [-0.3, -0.25) is 4.79 Å². The molecule has 0 bridgehead atoms. The third-order valence-corrected chi connectivity index (χ3v) is 4.64. The minimum absolute atomic E-state index is 0.00129. The second-order valence-electron chi connectivity index (χ2n) is 5.97. The lowest BCUT2D eigenvalue weighted by Crippen LogP contribution is -2.45. The number of nitrogens with two attached hydrogens (primary N) is 1. The zero-order chi connectivity index (χ0) is 13.9. The molecule has 1 aromatic carbocycles. The number of hydrogen-bond donors (Lipinski definition) is 3. The molecule has 108 valence electrons. The van der Waals surface area contributed by atoms with Crippen LogP contribution in [-0.2, 0) is 11.2 Å². The molecule has 1 amide bonds. The van der Waals surface area contributed by atoms with Gasteiger partial charge in [-0.1, -0.05) is 24.3 Å². The summed E-state index contributed by atoms with van der Waals surface area (Å²) in [5.41, 5.74) is 8.80. The summed E-state index contributed by atoms with van der Waals surface area (Å²) in [6, 6.07) is 7.92. The van der Waals surface area contributed by atoms with Gasteiger partial charge in [-0.2, -0.15) is 0 Å². The normalized spacial score (nSPS) is 26.2. The zero-order valence-electron chi connectivity index (χ0n) is 11.8. The minimum Gasteiger partial charge on any atom is -0.354 e. The number of amides is 1. The largest absolute Gasteiger partial charge is 0.354 e. The number of hydrogen-bond acceptors (Lipinski definition) is 3. The van der Waals surface area contributed by atoms with Crippen molar-refractivity contribution in [1.82, 2.24) is 10.6 Å². The number of fused-ring (bicyclic) bond motifs is 1. The number of nitrogens with one attached hydrogen (secondary N) is 2. The van der Waals surface area contributed by atoms with Crippen LogP contribution in [0.15, 0.2) is 24.3 Å². The summed E-state index contributed by atoms with van der Waals surface area (Å²) < 4.78 is 0. The molecule has 1 heterocycles.